The Morgan fingerprint density at radius 3 is 2.52 bits per heavy atom. The standard InChI is InChI=1S/C20H17F4N5O2/c1-11(21)18(30)28-8-7-14(9-28)29-17-16(25-10-27(2)19(17)31)15(26-29)12-3-5-13(6-4-12)20(22,23)24/h3-6,10,14H,1,7-9H2,2H3. The molecule has 0 aliphatic carbocycles. The number of hydrogen-bond donors (Lipinski definition) is 0. The fourth-order valence-electron chi connectivity index (χ4n) is 3.68. The van der Waals surface area contributed by atoms with Crippen LogP contribution in [-0.2, 0) is 18.0 Å². The fourth-order valence-corrected chi connectivity index (χ4v) is 3.68. The lowest BCUT2D eigenvalue weighted by Gasteiger charge is -2.15. The van der Waals surface area contributed by atoms with Crippen LogP contribution in [0.5, 0.6) is 0 Å². The van der Waals surface area contributed by atoms with Crippen LogP contribution < -0.4 is 5.56 Å². The van der Waals surface area contributed by atoms with E-state index >= 15 is 0 Å². The lowest BCUT2D eigenvalue weighted by atomic mass is 10.1. The SMILES string of the molecule is C=C(F)C(=O)N1CCC(n2nc(-c3ccc(C(F)(F)F)cc3)c3ncn(C)c(=O)c32)C1. The number of likely N-dealkylation sites (tertiary alicyclic amines) is 1. The summed E-state index contributed by atoms with van der Waals surface area (Å²) >= 11 is 0. The van der Waals surface area contributed by atoms with Gasteiger partial charge in [-0.2, -0.15) is 18.3 Å². The minimum absolute atomic E-state index is 0.114. The van der Waals surface area contributed by atoms with Gasteiger partial charge in [0.1, 0.15) is 11.2 Å². The molecule has 0 bridgehead atoms. The van der Waals surface area contributed by atoms with Crippen LogP contribution in [0, 0.1) is 0 Å². The Hall–Kier alpha value is -3.50. The Labute approximate surface area is 173 Å². The Kier molecular flexibility index (Phi) is 4.91. The Morgan fingerprint density at radius 1 is 1.23 bits per heavy atom. The molecule has 0 radical (unpaired) electrons. The normalized spacial score (nSPS) is 16.8. The number of carbonyl (C=O) groups is 1. The van der Waals surface area contributed by atoms with E-state index in [4.69, 9.17) is 0 Å². The highest BCUT2D eigenvalue weighted by Crippen LogP contribution is 2.33. The van der Waals surface area contributed by atoms with E-state index in [2.05, 4.69) is 16.7 Å². The van der Waals surface area contributed by atoms with Crippen molar-refractivity contribution in [3.05, 3.63) is 58.9 Å². The molecule has 1 aromatic carbocycles. The second kappa shape index (κ2) is 7.33. The molecule has 1 aliphatic rings. The van der Waals surface area contributed by atoms with Gasteiger partial charge in [-0.15, -0.1) is 0 Å². The van der Waals surface area contributed by atoms with Crippen LogP contribution in [-0.4, -0.2) is 43.2 Å². The van der Waals surface area contributed by atoms with Gasteiger partial charge in [0, 0.05) is 25.7 Å². The second-order valence-electron chi connectivity index (χ2n) is 7.32. The van der Waals surface area contributed by atoms with E-state index in [1.807, 2.05) is 0 Å². The van der Waals surface area contributed by atoms with Gasteiger partial charge in [0.25, 0.3) is 11.5 Å². The van der Waals surface area contributed by atoms with Crippen molar-refractivity contribution >= 4 is 16.9 Å². The molecule has 162 valence electrons. The first-order chi connectivity index (χ1) is 14.6. The molecule has 3 aromatic rings. The molecule has 1 unspecified atom stereocenters. The monoisotopic (exact) mass is 435 g/mol. The highest BCUT2D eigenvalue weighted by molar-refractivity contribution is 5.91. The smallest absolute Gasteiger partial charge is 0.334 e. The van der Waals surface area contributed by atoms with E-state index in [0.717, 1.165) is 12.1 Å². The molecule has 1 fully saturated rings. The molecule has 0 N–H and O–H groups in total. The maximum Gasteiger partial charge on any atom is 0.416 e. The third-order valence-electron chi connectivity index (χ3n) is 5.28. The van der Waals surface area contributed by atoms with Crippen LogP contribution in [0.15, 0.2) is 47.8 Å². The first kappa shape index (κ1) is 20.8. The molecule has 4 rings (SSSR count). The van der Waals surface area contributed by atoms with Crippen molar-refractivity contribution in [1.82, 2.24) is 24.2 Å². The van der Waals surface area contributed by atoms with E-state index in [1.165, 1.54) is 39.7 Å². The van der Waals surface area contributed by atoms with Gasteiger partial charge in [0.05, 0.1) is 17.9 Å². The van der Waals surface area contributed by atoms with Crippen LogP contribution in [0.1, 0.15) is 18.0 Å². The van der Waals surface area contributed by atoms with Gasteiger partial charge in [-0.3, -0.25) is 14.3 Å². The average molecular weight is 435 g/mol. The molecular formula is C20H17F4N5O2. The lowest BCUT2D eigenvalue weighted by Crippen LogP contribution is -2.29. The number of benzene rings is 1. The van der Waals surface area contributed by atoms with Gasteiger partial charge in [-0.05, 0) is 18.6 Å². The molecule has 0 spiro atoms. The summed E-state index contributed by atoms with van der Waals surface area (Å²) in [5, 5.41) is 4.48. The predicted octanol–water partition coefficient (Wildman–Crippen LogP) is 3.07. The molecule has 31 heavy (non-hydrogen) atoms. The number of carbonyl (C=O) groups excluding carboxylic acids is 1. The van der Waals surface area contributed by atoms with Crippen LogP contribution in [0.4, 0.5) is 17.6 Å². The number of alkyl halides is 3. The maximum atomic E-state index is 13.2. The van der Waals surface area contributed by atoms with Gasteiger partial charge in [-0.1, -0.05) is 18.7 Å². The zero-order valence-electron chi connectivity index (χ0n) is 16.4. The molecular weight excluding hydrogens is 418 g/mol. The minimum Gasteiger partial charge on any atom is -0.334 e. The van der Waals surface area contributed by atoms with Gasteiger partial charge in [-0.25, -0.2) is 9.37 Å². The summed E-state index contributed by atoms with van der Waals surface area (Å²) < 4.78 is 54.6. The van der Waals surface area contributed by atoms with Crippen molar-refractivity contribution in [2.75, 3.05) is 13.1 Å². The molecule has 11 heteroatoms. The Bertz CT molecular complexity index is 1240. The third kappa shape index (κ3) is 3.60. The Balaban J connectivity index is 1.81. The summed E-state index contributed by atoms with van der Waals surface area (Å²) in [6.07, 6.45) is -2.75. The summed E-state index contributed by atoms with van der Waals surface area (Å²) in [4.78, 5) is 30.3. The van der Waals surface area contributed by atoms with Crippen molar-refractivity contribution in [2.24, 2.45) is 7.05 Å². The van der Waals surface area contributed by atoms with Gasteiger partial charge in [0.15, 0.2) is 11.3 Å². The first-order valence-corrected chi connectivity index (χ1v) is 9.33. The van der Waals surface area contributed by atoms with E-state index in [-0.39, 0.29) is 29.8 Å². The van der Waals surface area contributed by atoms with E-state index in [1.54, 1.807) is 0 Å². The molecule has 3 heterocycles. The molecule has 1 amide bonds. The topological polar surface area (TPSA) is 73.0 Å². The molecule has 1 aliphatic heterocycles. The predicted molar refractivity (Wildman–Crippen MR) is 104 cm³/mol. The van der Waals surface area contributed by atoms with Crippen molar-refractivity contribution < 1.29 is 22.4 Å². The van der Waals surface area contributed by atoms with E-state index in [9.17, 15) is 27.2 Å². The molecule has 0 saturated carbocycles. The number of amides is 1. The van der Waals surface area contributed by atoms with Crippen LogP contribution in [0.3, 0.4) is 0 Å². The van der Waals surface area contributed by atoms with Gasteiger partial charge in [0.2, 0.25) is 0 Å². The quantitative estimate of drug-likeness (QED) is 0.468. The number of aromatic nitrogens is 4. The first-order valence-electron chi connectivity index (χ1n) is 9.33. The lowest BCUT2D eigenvalue weighted by molar-refractivity contribution is -0.137. The van der Waals surface area contributed by atoms with Gasteiger partial charge < -0.3 is 9.47 Å². The van der Waals surface area contributed by atoms with E-state index in [0.29, 0.717) is 12.0 Å². The fraction of sp³-hybridized carbons (Fsp3) is 0.300. The maximum absolute atomic E-state index is 13.2. The zero-order chi connectivity index (χ0) is 22.5. The third-order valence-corrected chi connectivity index (χ3v) is 5.28. The summed E-state index contributed by atoms with van der Waals surface area (Å²) in [6, 6.07) is 3.98. The van der Waals surface area contributed by atoms with Crippen molar-refractivity contribution in [1.29, 1.82) is 0 Å². The van der Waals surface area contributed by atoms with Crippen LogP contribution in [0.25, 0.3) is 22.3 Å². The summed E-state index contributed by atoms with van der Waals surface area (Å²) in [7, 11) is 1.52. The number of nitrogens with zero attached hydrogens (tertiary/aromatic N) is 5. The second-order valence-corrected chi connectivity index (χ2v) is 7.32. The highest BCUT2D eigenvalue weighted by atomic mass is 19.4. The molecule has 1 atom stereocenters. The molecule has 1 saturated heterocycles. The summed E-state index contributed by atoms with van der Waals surface area (Å²) in [5.41, 5.74) is -0.182. The van der Waals surface area contributed by atoms with Crippen LogP contribution >= 0.6 is 0 Å². The van der Waals surface area contributed by atoms with Crippen molar-refractivity contribution in [2.45, 2.75) is 18.6 Å². The van der Waals surface area contributed by atoms with Gasteiger partial charge >= 0.3 is 6.18 Å². The summed E-state index contributed by atoms with van der Waals surface area (Å²) in [5.74, 6) is -1.90. The average Bonchev–Trinajstić information content (AvgIpc) is 3.34. The van der Waals surface area contributed by atoms with Crippen LogP contribution in [0.2, 0.25) is 0 Å². The molecule has 2 aromatic heterocycles. The van der Waals surface area contributed by atoms with Crippen molar-refractivity contribution in [3.8, 4) is 11.3 Å². The minimum atomic E-state index is -4.48. The number of rotatable bonds is 3. The summed E-state index contributed by atoms with van der Waals surface area (Å²) in [6.45, 7) is 3.39. The molecule has 7 nitrogen and oxygen atoms in total. The zero-order valence-corrected chi connectivity index (χ0v) is 16.4. The van der Waals surface area contributed by atoms with E-state index < -0.39 is 35.1 Å². The van der Waals surface area contributed by atoms with Crippen molar-refractivity contribution in [3.63, 3.8) is 0 Å². The highest BCUT2D eigenvalue weighted by Gasteiger charge is 2.33. The Morgan fingerprint density at radius 2 is 1.90 bits per heavy atom. The number of aryl methyl sites for hydroxylation is 1. The number of fused-ring (bicyclic) bond motifs is 1. The number of halogens is 4. The largest absolute Gasteiger partial charge is 0.416 e. The number of hydrogen-bond acceptors (Lipinski definition) is 4.